The number of anilines is 1. The summed E-state index contributed by atoms with van der Waals surface area (Å²) in [6.07, 6.45) is 1.01. The van der Waals surface area contributed by atoms with Gasteiger partial charge in [-0.15, -0.1) is 0 Å². The highest BCUT2D eigenvalue weighted by atomic mass is 35.5. The van der Waals surface area contributed by atoms with E-state index in [0.29, 0.717) is 16.4 Å². The molecule has 1 amide bonds. The summed E-state index contributed by atoms with van der Waals surface area (Å²) in [4.78, 5) is 16.6. The lowest BCUT2D eigenvalue weighted by molar-refractivity contribution is 0.0946. The van der Waals surface area contributed by atoms with Gasteiger partial charge in [-0.1, -0.05) is 40.5 Å². The van der Waals surface area contributed by atoms with Gasteiger partial charge in [-0.05, 0) is 30.3 Å². The van der Waals surface area contributed by atoms with E-state index in [-0.39, 0.29) is 28.7 Å². The van der Waals surface area contributed by atoms with Crippen molar-refractivity contribution in [2.45, 2.75) is 6.54 Å². The smallest absolute Gasteiger partial charge is 0.253 e. The molecule has 2 aromatic carbocycles. The lowest BCUT2D eigenvalue weighted by Gasteiger charge is -2.08. The number of hydrogen-bond donors (Lipinski definition) is 2. The van der Waals surface area contributed by atoms with Crippen molar-refractivity contribution in [2.24, 2.45) is 0 Å². The van der Waals surface area contributed by atoms with Gasteiger partial charge in [0.1, 0.15) is 0 Å². The van der Waals surface area contributed by atoms with Gasteiger partial charge in [0.15, 0.2) is 0 Å². The average molecular weight is 441 g/mol. The molecule has 1 heterocycles. The molecule has 3 aromatic rings. The van der Waals surface area contributed by atoms with Crippen molar-refractivity contribution in [3.05, 3.63) is 64.0 Å². The van der Waals surface area contributed by atoms with E-state index >= 15 is 0 Å². The minimum absolute atomic E-state index is 0.0453. The number of benzene rings is 2. The van der Waals surface area contributed by atoms with E-state index in [0.717, 1.165) is 6.26 Å². The molecule has 0 aliphatic carbocycles. The van der Waals surface area contributed by atoms with Crippen LogP contribution in [0.3, 0.4) is 0 Å². The lowest BCUT2D eigenvalue weighted by atomic mass is 10.2. The number of rotatable bonds is 6. The summed E-state index contributed by atoms with van der Waals surface area (Å²) in [5, 5.41) is 7.08. The molecule has 0 saturated carbocycles. The summed E-state index contributed by atoms with van der Waals surface area (Å²) in [5.41, 5.74) is 0.921. The summed E-state index contributed by atoms with van der Waals surface area (Å²) in [6, 6.07) is 11.2. The first kappa shape index (κ1) is 20.1. The maximum Gasteiger partial charge on any atom is 0.253 e. The SMILES string of the molecule is CS(=O)(=O)Nc1ccc(Cl)c(C(=O)NCc2nc(-c3ccccc3Cl)no2)c1. The number of sulfonamides is 1. The molecule has 0 bridgehead atoms. The van der Waals surface area contributed by atoms with Crippen molar-refractivity contribution in [2.75, 3.05) is 11.0 Å². The molecule has 28 heavy (non-hydrogen) atoms. The Kier molecular flexibility index (Phi) is 5.87. The number of nitrogens with one attached hydrogen (secondary N) is 2. The Morgan fingerprint density at radius 2 is 1.89 bits per heavy atom. The van der Waals surface area contributed by atoms with Crippen LogP contribution in [0.25, 0.3) is 11.4 Å². The van der Waals surface area contributed by atoms with E-state index in [2.05, 4.69) is 20.2 Å². The van der Waals surface area contributed by atoms with Crippen molar-refractivity contribution in [3.8, 4) is 11.4 Å². The van der Waals surface area contributed by atoms with E-state index in [4.69, 9.17) is 27.7 Å². The predicted molar refractivity (Wildman–Crippen MR) is 106 cm³/mol. The molecule has 0 atom stereocenters. The number of carbonyl (C=O) groups excluding carboxylic acids is 1. The third kappa shape index (κ3) is 5.00. The van der Waals surface area contributed by atoms with Crippen LogP contribution in [0.1, 0.15) is 16.2 Å². The number of aromatic nitrogens is 2. The fourth-order valence-electron chi connectivity index (χ4n) is 2.31. The van der Waals surface area contributed by atoms with Crippen LogP contribution in [0.15, 0.2) is 47.0 Å². The molecule has 1 aromatic heterocycles. The molecule has 0 unspecified atom stereocenters. The fourth-order valence-corrected chi connectivity index (χ4v) is 3.29. The molecule has 0 aliphatic rings. The minimum Gasteiger partial charge on any atom is -0.343 e. The first-order valence-electron chi connectivity index (χ1n) is 7.86. The van der Waals surface area contributed by atoms with Crippen LogP contribution < -0.4 is 10.0 Å². The molecule has 0 fully saturated rings. The third-order valence-electron chi connectivity index (χ3n) is 3.50. The average Bonchev–Trinajstić information content (AvgIpc) is 3.09. The lowest BCUT2D eigenvalue weighted by Crippen LogP contribution is -2.23. The molecule has 0 aliphatic heterocycles. The Bertz CT molecular complexity index is 1130. The van der Waals surface area contributed by atoms with Crippen molar-refractivity contribution in [1.82, 2.24) is 15.5 Å². The van der Waals surface area contributed by atoms with E-state index in [1.165, 1.54) is 18.2 Å². The third-order valence-corrected chi connectivity index (χ3v) is 4.76. The molecule has 8 nitrogen and oxygen atoms in total. The Morgan fingerprint density at radius 1 is 1.14 bits per heavy atom. The van der Waals surface area contributed by atoms with Gasteiger partial charge >= 0.3 is 0 Å². The molecular formula is C17H14Cl2N4O4S. The summed E-state index contributed by atoms with van der Waals surface area (Å²) in [6.45, 7) is -0.0453. The summed E-state index contributed by atoms with van der Waals surface area (Å²) < 4.78 is 30.1. The van der Waals surface area contributed by atoms with Gasteiger partial charge in [-0.2, -0.15) is 4.98 Å². The minimum atomic E-state index is -3.48. The fraction of sp³-hybridized carbons (Fsp3) is 0.118. The zero-order chi connectivity index (χ0) is 20.3. The first-order chi connectivity index (χ1) is 13.2. The van der Waals surface area contributed by atoms with Crippen molar-refractivity contribution >= 4 is 44.8 Å². The molecule has 146 valence electrons. The van der Waals surface area contributed by atoms with Crippen LogP contribution in [0, 0.1) is 0 Å². The number of amides is 1. The molecule has 0 radical (unpaired) electrons. The maximum atomic E-state index is 12.4. The molecular weight excluding hydrogens is 427 g/mol. The second-order valence-corrected chi connectivity index (χ2v) is 8.31. The maximum absolute atomic E-state index is 12.4. The van der Waals surface area contributed by atoms with Gasteiger partial charge in [-0.25, -0.2) is 8.42 Å². The highest BCUT2D eigenvalue weighted by molar-refractivity contribution is 7.92. The second-order valence-electron chi connectivity index (χ2n) is 5.74. The van der Waals surface area contributed by atoms with Crippen LogP contribution in [0.4, 0.5) is 5.69 Å². The van der Waals surface area contributed by atoms with Gasteiger partial charge in [0.2, 0.25) is 21.7 Å². The van der Waals surface area contributed by atoms with Gasteiger partial charge in [0.25, 0.3) is 5.91 Å². The van der Waals surface area contributed by atoms with Crippen LogP contribution in [0.5, 0.6) is 0 Å². The summed E-state index contributed by atoms with van der Waals surface area (Å²) >= 11 is 12.1. The normalized spacial score (nSPS) is 11.2. The van der Waals surface area contributed by atoms with Crippen molar-refractivity contribution in [3.63, 3.8) is 0 Å². The van der Waals surface area contributed by atoms with E-state index < -0.39 is 15.9 Å². The van der Waals surface area contributed by atoms with Gasteiger partial charge in [0, 0.05) is 11.3 Å². The van der Waals surface area contributed by atoms with Crippen molar-refractivity contribution in [1.29, 1.82) is 0 Å². The quantitative estimate of drug-likeness (QED) is 0.607. The highest BCUT2D eigenvalue weighted by Gasteiger charge is 2.15. The number of halogens is 2. The number of hydrogen-bond acceptors (Lipinski definition) is 6. The van der Waals surface area contributed by atoms with Crippen LogP contribution in [0.2, 0.25) is 10.0 Å². The van der Waals surface area contributed by atoms with Crippen LogP contribution in [-0.4, -0.2) is 30.7 Å². The molecule has 0 saturated heterocycles. The van der Waals surface area contributed by atoms with E-state index in [1.54, 1.807) is 24.3 Å². The summed E-state index contributed by atoms with van der Waals surface area (Å²) in [7, 11) is -3.48. The Balaban J connectivity index is 1.71. The molecule has 2 N–H and O–H groups in total. The number of nitrogens with zero attached hydrogens (tertiary/aromatic N) is 2. The summed E-state index contributed by atoms with van der Waals surface area (Å²) in [5.74, 6) is -0.0586. The first-order valence-corrected chi connectivity index (χ1v) is 10.5. The van der Waals surface area contributed by atoms with E-state index in [9.17, 15) is 13.2 Å². The Hall–Kier alpha value is -2.62. The molecule has 11 heteroatoms. The topological polar surface area (TPSA) is 114 Å². The molecule has 3 rings (SSSR count). The zero-order valence-electron chi connectivity index (χ0n) is 14.4. The Morgan fingerprint density at radius 3 is 2.61 bits per heavy atom. The monoisotopic (exact) mass is 440 g/mol. The van der Waals surface area contributed by atoms with Crippen LogP contribution >= 0.6 is 23.2 Å². The standard InChI is InChI=1S/C17H14Cl2N4O4S/c1-28(25,26)23-10-6-7-14(19)12(8-10)17(24)20-9-15-21-16(22-27-15)11-4-2-3-5-13(11)18/h2-8,23H,9H2,1H3,(H,20,24). The molecule has 0 spiro atoms. The second kappa shape index (κ2) is 8.17. The van der Waals surface area contributed by atoms with Gasteiger partial charge in [0.05, 0.1) is 28.4 Å². The van der Waals surface area contributed by atoms with Crippen LogP contribution in [-0.2, 0) is 16.6 Å². The zero-order valence-corrected chi connectivity index (χ0v) is 16.8. The highest BCUT2D eigenvalue weighted by Crippen LogP contribution is 2.25. The Labute approximate surface area is 170 Å². The van der Waals surface area contributed by atoms with Gasteiger partial charge < -0.3 is 9.84 Å². The van der Waals surface area contributed by atoms with Crippen molar-refractivity contribution < 1.29 is 17.7 Å². The van der Waals surface area contributed by atoms with E-state index in [1.807, 2.05) is 0 Å². The number of carbonyl (C=O) groups is 1. The van der Waals surface area contributed by atoms with Gasteiger partial charge in [-0.3, -0.25) is 9.52 Å². The largest absolute Gasteiger partial charge is 0.343 e. The predicted octanol–water partition coefficient (Wildman–Crippen LogP) is 3.34.